The smallest absolute Gasteiger partial charge is 0.317 e. The van der Waals surface area contributed by atoms with Crippen LogP contribution in [0.4, 0.5) is 4.79 Å². The van der Waals surface area contributed by atoms with Gasteiger partial charge in [0.1, 0.15) is 0 Å². The van der Waals surface area contributed by atoms with E-state index in [0.29, 0.717) is 6.04 Å². The highest BCUT2D eigenvalue weighted by Crippen LogP contribution is 2.17. The lowest BCUT2D eigenvalue weighted by Crippen LogP contribution is -2.46. The summed E-state index contributed by atoms with van der Waals surface area (Å²) in [6.07, 6.45) is 2.48. The molecule has 0 aliphatic carbocycles. The number of nitrogens with one attached hydrogen (secondary N) is 1. The van der Waals surface area contributed by atoms with Crippen LogP contribution < -0.4 is 5.32 Å². The van der Waals surface area contributed by atoms with Crippen LogP contribution in [-0.2, 0) is 0 Å². The van der Waals surface area contributed by atoms with Crippen LogP contribution in [0.25, 0.3) is 0 Å². The molecule has 1 heterocycles. The van der Waals surface area contributed by atoms with Crippen molar-refractivity contribution in [3.05, 3.63) is 0 Å². The Morgan fingerprint density at radius 3 is 2.81 bits per heavy atom. The number of nitrogens with zero attached hydrogens (tertiary/aromatic N) is 2. The Labute approximate surface area is 99.0 Å². The zero-order valence-corrected chi connectivity index (χ0v) is 11.0. The summed E-state index contributed by atoms with van der Waals surface area (Å²) < 4.78 is 0. The molecule has 1 saturated heterocycles. The summed E-state index contributed by atoms with van der Waals surface area (Å²) in [4.78, 5) is 16.0. The van der Waals surface area contributed by atoms with Crippen LogP contribution in [0, 0.1) is 0 Å². The lowest BCUT2D eigenvalue weighted by molar-refractivity contribution is 0.179. The molecule has 1 aliphatic heterocycles. The van der Waals surface area contributed by atoms with Crippen LogP contribution in [0.2, 0.25) is 0 Å². The fraction of sp³-hybridized carbons (Fsp3) is 0.917. The molecule has 1 fully saturated rings. The van der Waals surface area contributed by atoms with Gasteiger partial charge in [0.05, 0.1) is 0 Å². The molecule has 4 heteroatoms. The maximum atomic E-state index is 11.7. The van der Waals surface area contributed by atoms with E-state index in [1.807, 2.05) is 20.9 Å². The van der Waals surface area contributed by atoms with E-state index < -0.39 is 0 Å². The molecule has 94 valence electrons. The largest absolute Gasteiger partial charge is 0.336 e. The SMILES string of the molecule is CCN1CCCC1CN(C)C(=O)NC(C)C. The highest BCUT2D eigenvalue weighted by atomic mass is 16.2. The lowest BCUT2D eigenvalue weighted by atomic mass is 10.2. The monoisotopic (exact) mass is 227 g/mol. The van der Waals surface area contributed by atoms with E-state index in [1.54, 1.807) is 4.90 Å². The minimum Gasteiger partial charge on any atom is -0.336 e. The second-order valence-electron chi connectivity index (χ2n) is 4.91. The molecule has 1 aliphatic rings. The van der Waals surface area contributed by atoms with Gasteiger partial charge in [-0.1, -0.05) is 6.92 Å². The zero-order valence-electron chi connectivity index (χ0n) is 11.0. The van der Waals surface area contributed by atoms with Gasteiger partial charge in [-0.3, -0.25) is 4.90 Å². The van der Waals surface area contributed by atoms with Crippen molar-refractivity contribution in [2.75, 3.05) is 26.7 Å². The van der Waals surface area contributed by atoms with Crippen molar-refractivity contribution in [2.24, 2.45) is 0 Å². The van der Waals surface area contributed by atoms with Gasteiger partial charge in [0, 0.05) is 25.7 Å². The molecule has 0 radical (unpaired) electrons. The maximum absolute atomic E-state index is 11.7. The first kappa shape index (κ1) is 13.3. The van der Waals surface area contributed by atoms with Crippen molar-refractivity contribution in [1.82, 2.24) is 15.1 Å². The molecule has 2 amide bonds. The summed E-state index contributed by atoms with van der Waals surface area (Å²) >= 11 is 0. The number of rotatable bonds is 4. The third kappa shape index (κ3) is 3.67. The van der Waals surface area contributed by atoms with Crippen LogP contribution in [0.1, 0.15) is 33.6 Å². The normalized spacial score (nSPS) is 21.4. The Bertz CT molecular complexity index is 230. The molecule has 1 N–H and O–H groups in total. The van der Waals surface area contributed by atoms with Crippen molar-refractivity contribution in [3.8, 4) is 0 Å². The van der Waals surface area contributed by atoms with Crippen molar-refractivity contribution >= 4 is 6.03 Å². The minimum atomic E-state index is 0.0398. The highest BCUT2D eigenvalue weighted by molar-refractivity contribution is 5.74. The van der Waals surface area contributed by atoms with Gasteiger partial charge in [-0.2, -0.15) is 0 Å². The molecule has 0 aromatic heterocycles. The molecule has 0 bridgehead atoms. The number of hydrogen-bond donors (Lipinski definition) is 1. The molecule has 1 rings (SSSR count). The van der Waals surface area contributed by atoms with Gasteiger partial charge in [0.15, 0.2) is 0 Å². The standard InChI is InChI=1S/C12H25N3O/c1-5-15-8-6-7-11(15)9-14(4)12(16)13-10(2)3/h10-11H,5-9H2,1-4H3,(H,13,16). The van der Waals surface area contributed by atoms with Crippen molar-refractivity contribution in [3.63, 3.8) is 0 Å². The van der Waals surface area contributed by atoms with Gasteiger partial charge < -0.3 is 10.2 Å². The van der Waals surface area contributed by atoms with Crippen molar-refractivity contribution < 1.29 is 4.79 Å². The van der Waals surface area contributed by atoms with Crippen molar-refractivity contribution in [2.45, 2.75) is 45.7 Å². The zero-order chi connectivity index (χ0) is 12.1. The van der Waals surface area contributed by atoms with Crippen LogP contribution >= 0.6 is 0 Å². The summed E-state index contributed by atoms with van der Waals surface area (Å²) in [5.74, 6) is 0. The van der Waals surface area contributed by atoms with Crippen LogP contribution in [0.15, 0.2) is 0 Å². The maximum Gasteiger partial charge on any atom is 0.317 e. The third-order valence-electron chi connectivity index (χ3n) is 3.15. The number of carbonyl (C=O) groups excluding carboxylic acids is 1. The number of urea groups is 1. The Morgan fingerprint density at radius 2 is 2.25 bits per heavy atom. The Kier molecular flexibility index (Phi) is 5.06. The van der Waals surface area contributed by atoms with E-state index in [2.05, 4.69) is 17.1 Å². The van der Waals surface area contributed by atoms with E-state index in [9.17, 15) is 4.79 Å². The van der Waals surface area contributed by atoms with E-state index in [1.165, 1.54) is 19.4 Å². The van der Waals surface area contributed by atoms with Crippen LogP contribution in [0.3, 0.4) is 0 Å². The molecule has 1 unspecified atom stereocenters. The molecule has 1 atom stereocenters. The highest BCUT2D eigenvalue weighted by Gasteiger charge is 2.25. The van der Waals surface area contributed by atoms with Crippen LogP contribution in [-0.4, -0.2) is 54.6 Å². The quantitative estimate of drug-likeness (QED) is 0.790. The molecule has 0 spiro atoms. The fourth-order valence-corrected chi connectivity index (χ4v) is 2.27. The number of carbonyl (C=O) groups is 1. The first-order chi connectivity index (χ1) is 7.54. The summed E-state index contributed by atoms with van der Waals surface area (Å²) in [5.41, 5.74) is 0. The summed E-state index contributed by atoms with van der Waals surface area (Å²) in [7, 11) is 1.88. The molecular formula is C12H25N3O. The Morgan fingerprint density at radius 1 is 1.56 bits per heavy atom. The van der Waals surface area contributed by atoms with Crippen LogP contribution in [0.5, 0.6) is 0 Å². The number of likely N-dealkylation sites (N-methyl/N-ethyl adjacent to an activating group) is 2. The van der Waals surface area contributed by atoms with Gasteiger partial charge in [0.2, 0.25) is 0 Å². The van der Waals surface area contributed by atoms with Gasteiger partial charge in [-0.05, 0) is 39.8 Å². The van der Waals surface area contributed by atoms with Gasteiger partial charge in [0.25, 0.3) is 0 Å². The summed E-state index contributed by atoms with van der Waals surface area (Å²) in [6, 6.07) is 0.798. The third-order valence-corrected chi connectivity index (χ3v) is 3.15. The Balaban J connectivity index is 2.38. The van der Waals surface area contributed by atoms with Gasteiger partial charge in [-0.15, -0.1) is 0 Å². The average molecular weight is 227 g/mol. The molecule has 0 aromatic carbocycles. The predicted octanol–water partition coefficient (Wildman–Crippen LogP) is 1.52. The minimum absolute atomic E-state index is 0.0398. The first-order valence-electron chi connectivity index (χ1n) is 6.30. The van der Waals surface area contributed by atoms with E-state index in [0.717, 1.165) is 13.1 Å². The fourth-order valence-electron chi connectivity index (χ4n) is 2.27. The summed E-state index contributed by atoms with van der Waals surface area (Å²) in [5, 5.41) is 2.92. The molecular weight excluding hydrogens is 202 g/mol. The topological polar surface area (TPSA) is 35.6 Å². The Hall–Kier alpha value is -0.770. The summed E-state index contributed by atoms with van der Waals surface area (Å²) in [6.45, 7) is 9.27. The first-order valence-corrected chi connectivity index (χ1v) is 6.30. The average Bonchev–Trinajstić information content (AvgIpc) is 2.64. The van der Waals surface area contributed by atoms with E-state index >= 15 is 0 Å². The molecule has 4 nitrogen and oxygen atoms in total. The van der Waals surface area contributed by atoms with E-state index in [4.69, 9.17) is 0 Å². The molecule has 16 heavy (non-hydrogen) atoms. The number of amides is 2. The lowest BCUT2D eigenvalue weighted by Gasteiger charge is -2.28. The predicted molar refractivity (Wildman–Crippen MR) is 66.6 cm³/mol. The van der Waals surface area contributed by atoms with Gasteiger partial charge >= 0.3 is 6.03 Å². The van der Waals surface area contributed by atoms with Crippen molar-refractivity contribution in [1.29, 1.82) is 0 Å². The second-order valence-corrected chi connectivity index (χ2v) is 4.91. The van der Waals surface area contributed by atoms with E-state index in [-0.39, 0.29) is 12.1 Å². The number of likely N-dealkylation sites (tertiary alicyclic amines) is 1. The molecule has 0 aromatic rings. The second kappa shape index (κ2) is 6.09. The van der Waals surface area contributed by atoms with Gasteiger partial charge in [-0.25, -0.2) is 4.79 Å². The molecule has 0 saturated carbocycles. The number of hydrogen-bond acceptors (Lipinski definition) is 2.